The number of likely N-dealkylation sites (N-methyl/N-ethyl adjacent to an activating group) is 1. The highest BCUT2D eigenvalue weighted by atomic mass is 16.5. The van der Waals surface area contributed by atoms with E-state index < -0.39 is 0 Å². The van der Waals surface area contributed by atoms with Crippen LogP contribution in [0.25, 0.3) is 0 Å². The van der Waals surface area contributed by atoms with Gasteiger partial charge in [0.2, 0.25) is 0 Å². The predicted molar refractivity (Wildman–Crippen MR) is 80.3 cm³/mol. The highest BCUT2D eigenvalue weighted by molar-refractivity contribution is 4.98. The molecular formula is C16H33NO2. The highest BCUT2D eigenvalue weighted by Gasteiger charge is 2.41. The smallest absolute Gasteiger partial charge is 0.0616 e. The molecule has 114 valence electrons. The Morgan fingerprint density at radius 2 is 2.05 bits per heavy atom. The lowest BCUT2D eigenvalue weighted by Gasteiger charge is -2.35. The molecule has 3 heteroatoms. The lowest BCUT2D eigenvalue weighted by Crippen LogP contribution is -2.51. The molecule has 0 amide bonds. The van der Waals surface area contributed by atoms with Gasteiger partial charge in [0, 0.05) is 18.8 Å². The van der Waals surface area contributed by atoms with E-state index in [1.807, 2.05) is 0 Å². The van der Waals surface area contributed by atoms with Gasteiger partial charge in [-0.15, -0.1) is 0 Å². The molecule has 1 saturated carbocycles. The van der Waals surface area contributed by atoms with Crippen molar-refractivity contribution in [2.24, 2.45) is 11.3 Å². The molecular weight excluding hydrogens is 238 g/mol. The van der Waals surface area contributed by atoms with Crippen molar-refractivity contribution in [2.75, 3.05) is 26.4 Å². The van der Waals surface area contributed by atoms with E-state index in [0.717, 1.165) is 39.0 Å². The van der Waals surface area contributed by atoms with E-state index in [-0.39, 0.29) is 12.1 Å². The van der Waals surface area contributed by atoms with Crippen LogP contribution in [0.5, 0.6) is 0 Å². The molecule has 0 saturated heterocycles. The Morgan fingerprint density at radius 1 is 1.32 bits per heavy atom. The minimum atomic E-state index is -0.0395. The Hall–Kier alpha value is -0.120. The van der Waals surface area contributed by atoms with Gasteiger partial charge in [0.05, 0.1) is 6.61 Å². The third-order valence-corrected chi connectivity index (χ3v) is 4.37. The van der Waals surface area contributed by atoms with Crippen LogP contribution < -0.4 is 5.32 Å². The van der Waals surface area contributed by atoms with Crippen LogP contribution in [-0.2, 0) is 4.74 Å². The van der Waals surface area contributed by atoms with Crippen molar-refractivity contribution in [1.29, 1.82) is 0 Å². The number of ether oxygens (including phenoxy) is 1. The summed E-state index contributed by atoms with van der Waals surface area (Å²) >= 11 is 0. The molecule has 1 rings (SSSR count). The molecule has 0 aromatic rings. The molecule has 0 heterocycles. The number of hydrogen-bond donors (Lipinski definition) is 2. The van der Waals surface area contributed by atoms with Crippen LogP contribution in [0.4, 0.5) is 0 Å². The van der Waals surface area contributed by atoms with Gasteiger partial charge in [-0.05, 0) is 43.6 Å². The first-order chi connectivity index (χ1) is 8.93. The third kappa shape index (κ3) is 5.41. The van der Waals surface area contributed by atoms with Gasteiger partial charge < -0.3 is 15.2 Å². The molecule has 2 unspecified atom stereocenters. The number of aliphatic hydroxyl groups is 1. The van der Waals surface area contributed by atoms with Gasteiger partial charge in [-0.3, -0.25) is 0 Å². The van der Waals surface area contributed by atoms with Crippen LogP contribution in [0.1, 0.15) is 59.8 Å². The van der Waals surface area contributed by atoms with Crippen molar-refractivity contribution in [1.82, 2.24) is 5.32 Å². The van der Waals surface area contributed by atoms with Crippen LogP contribution in [0.15, 0.2) is 0 Å². The highest BCUT2D eigenvalue weighted by Crippen LogP contribution is 2.37. The second-order valence-corrected chi connectivity index (χ2v) is 7.15. The Labute approximate surface area is 119 Å². The summed E-state index contributed by atoms with van der Waals surface area (Å²) in [5, 5.41) is 13.2. The number of aliphatic hydroxyl groups excluding tert-OH is 1. The summed E-state index contributed by atoms with van der Waals surface area (Å²) in [5.74, 6) is 0.562. The van der Waals surface area contributed by atoms with Gasteiger partial charge in [0.15, 0.2) is 0 Å². The molecule has 0 spiro atoms. The number of hydrogen-bond acceptors (Lipinski definition) is 3. The van der Waals surface area contributed by atoms with Gasteiger partial charge >= 0.3 is 0 Å². The van der Waals surface area contributed by atoms with E-state index in [0.29, 0.717) is 11.3 Å². The van der Waals surface area contributed by atoms with Crippen LogP contribution in [0.2, 0.25) is 0 Å². The Bertz CT molecular complexity index is 250. The van der Waals surface area contributed by atoms with Gasteiger partial charge in [0.1, 0.15) is 0 Å². The molecule has 2 N–H and O–H groups in total. The molecule has 1 aliphatic carbocycles. The molecule has 2 atom stereocenters. The van der Waals surface area contributed by atoms with E-state index in [1.54, 1.807) is 0 Å². The summed E-state index contributed by atoms with van der Waals surface area (Å²) < 4.78 is 5.78. The van der Waals surface area contributed by atoms with E-state index in [9.17, 15) is 5.11 Å². The van der Waals surface area contributed by atoms with Crippen molar-refractivity contribution in [3.05, 3.63) is 0 Å². The van der Waals surface area contributed by atoms with Gasteiger partial charge in [0.25, 0.3) is 0 Å². The topological polar surface area (TPSA) is 41.5 Å². The molecule has 0 aromatic carbocycles. The van der Waals surface area contributed by atoms with E-state index >= 15 is 0 Å². The van der Waals surface area contributed by atoms with Crippen molar-refractivity contribution >= 4 is 0 Å². The van der Waals surface area contributed by atoms with Gasteiger partial charge in [-0.1, -0.05) is 34.1 Å². The first-order valence-electron chi connectivity index (χ1n) is 7.87. The summed E-state index contributed by atoms with van der Waals surface area (Å²) in [6, 6.07) is 0. The Balaban J connectivity index is 2.27. The quantitative estimate of drug-likeness (QED) is 0.667. The van der Waals surface area contributed by atoms with Gasteiger partial charge in [-0.2, -0.15) is 0 Å². The fourth-order valence-electron chi connectivity index (χ4n) is 3.12. The van der Waals surface area contributed by atoms with Crippen LogP contribution in [-0.4, -0.2) is 37.0 Å². The SMILES string of the molecule is CCNC1(CO)CCCC1CCOCCC(C)(C)C. The molecule has 0 aromatic heterocycles. The average Bonchev–Trinajstić information content (AvgIpc) is 2.71. The molecule has 0 aliphatic heterocycles. The minimum absolute atomic E-state index is 0.0395. The maximum absolute atomic E-state index is 9.72. The monoisotopic (exact) mass is 271 g/mol. The maximum Gasteiger partial charge on any atom is 0.0616 e. The first-order valence-corrected chi connectivity index (χ1v) is 7.87. The van der Waals surface area contributed by atoms with Crippen molar-refractivity contribution in [3.63, 3.8) is 0 Å². The van der Waals surface area contributed by atoms with Crippen LogP contribution in [0, 0.1) is 11.3 Å². The second kappa shape index (κ2) is 7.61. The fraction of sp³-hybridized carbons (Fsp3) is 1.00. The summed E-state index contributed by atoms with van der Waals surface area (Å²) in [5.41, 5.74) is 0.314. The number of nitrogens with one attached hydrogen (secondary N) is 1. The lowest BCUT2D eigenvalue weighted by molar-refractivity contribution is 0.0694. The zero-order valence-electron chi connectivity index (χ0n) is 13.3. The number of rotatable bonds is 8. The third-order valence-electron chi connectivity index (χ3n) is 4.37. The standard InChI is InChI=1S/C16H33NO2/c1-5-17-16(13-18)9-6-7-14(16)8-11-19-12-10-15(2,3)4/h14,17-18H,5-13H2,1-4H3. The molecule has 1 aliphatic rings. The van der Waals surface area contributed by atoms with Crippen molar-refractivity contribution < 1.29 is 9.84 Å². The Kier molecular flexibility index (Phi) is 6.78. The van der Waals surface area contributed by atoms with Crippen LogP contribution in [0.3, 0.4) is 0 Å². The van der Waals surface area contributed by atoms with Crippen LogP contribution >= 0.6 is 0 Å². The van der Waals surface area contributed by atoms with Crippen molar-refractivity contribution in [2.45, 2.75) is 65.3 Å². The minimum Gasteiger partial charge on any atom is -0.394 e. The maximum atomic E-state index is 9.72. The Morgan fingerprint density at radius 3 is 2.63 bits per heavy atom. The molecule has 1 fully saturated rings. The van der Waals surface area contributed by atoms with E-state index in [4.69, 9.17) is 4.74 Å². The predicted octanol–water partition coefficient (Wildman–Crippen LogP) is 2.97. The van der Waals surface area contributed by atoms with Crippen molar-refractivity contribution in [3.8, 4) is 0 Å². The zero-order chi connectivity index (χ0) is 14.4. The molecule has 19 heavy (non-hydrogen) atoms. The summed E-state index contributed by atoms with van der Waals surface area (Å²) in [7, 11) is 0. The molecule has 0 radical (unpaired) electrons. The van der Waals surface area contributed by atoms with E-state index in [1.165, 1.54) is 12.8 Å². The average molecular weight is 271 g/mol. The normalized spacial score (nSPS) is 27.9. The summed E-state index contributed by atoms with van der Waals surface area (Å²) in [4.78, 5) is 0. The largest absolute Gasteiger partial charge is 0.394 e. The summed E-state index contributed by atoms with van der Waals surface area (Å²) in [6.07, 6.45) is 5.72. The zero-order valence-corrected chi connectivity index (χ0v) is 13.3. The van der Waals surface area contributed by atoms with Gasteiger partial charge in [-0.25, -0.2) is 0 Å². The van der Waals surface area contributed by atoms with E-state index in [2.05, 4.69) is 33.0 Å². The molecule has 3 nitrogen and oxygen atoms in total. The molecule has 0 bridgehead atoms. The second-order valence-electron chi connectivity index (χ2n) is 7.15. The summed E-state index contributed by atoms with van der Waals surface area (Å²) in [6.45, 7) is 11.7. The fourth-order valence-corrected chi connectivity index (χ4v) is 3.12. The lowest BCUT2D eigenvalue weighted by atomic mass is 9.85. The first kappa shape index (κ1) is 16.9.